The van der Waals surface area contributed by atoms with Crippen LogP contribution in [0.25, 0.3) is 0 Å². The van der Waals surface area contributed by atoms with Crippen LogP contribution in [0, 0.1) is 0 Å². The predicted molar refractivity (Wildman–Crippen MR) is 93.7 cm³/mol. The minimum absolute atomic E-state index is 0.0560. The molecule has 4 nitrogen and oxygen atoms in total. The zero-order valence-electron chi connectivity index (χ0n) is 13.5. The molecule has 0 spiro atoms. The Kier molecular flexibility index (Phi) is 6.30. The second kappa shape index (κ2) is 8.22. The first-order valence-corrected chi connectivity index (χ1v) is 8.49. The average molecular weight is 354 g/mol. The van der Waals surface area contributed by atoms with Crippen LogP contribution in [0.1, 0.15) is 17.4 Å². The lowest BCUT2D eigenvalue weighted by Crippen LogP contribution is -2.31. The molecule has 1 heterocycles. The van der Waals surface area contributed by atoms with Gasteiger partial charge in [0.15, 0.2) is 0 Å². The Hall–Kier alpha value is -1.72. The highest BCUT2D eigenvalue weighted by molar-refractivity contribution is 7.16. The number of methoxy groups -OCH3 is 2. The number of hydrogen-bond donors (Lipinski definition) is 0. The highest BCUT2D eigenvalue weighted by atomic mass is 35.5. The summed E-state index contributed by atoms with van der Waals surface area (Å²) >= 11 is 7.45. The number of carbonyl (C=O) groups is 1. The molecule has 2 rings (SSSR count). The van der Waals surface area contributed by atoms with Crippen molar-refractivity contribution in [3.05, 3.63) is 45.1 Å². The van der Waals surface area contributed by atoms with Gasteiger partial charge in [-0.15, -0.1) is 11.3 Å². The van der Waals surface area contributed by atoms with Crippen LogP contribution < -0.4 is 9.47 Å². The summed E-state index contributed by atoms with van der Waals surface area (Å²) in [5, 5.41) is 0. The van der Waals surface area contributed by atoms with Gasteiger partial charge < -0.3 is 14.4 Å². The van der Waals surface area contributed by atoms with Crippen molar-refractivity contribution < 1.29 is 14.3 Å². The number of ether oxygens (including phenoxy) is 2. The molecule has 23 heavy (non-hydrogen) atoms. The number of rotatable bonds is 7. The Morgan fingerprint density at radius 1 is 1.22 bits per heavy atom. The van der Waals surface area contributed by atoms with Crippen LogP contribution in [-0.4, -0.2) is 31.6 Å². The van der Waals surface area contributed by atoms with Crippen molar-refractivity contribution >= 4 is 28.8 Å². The van der Waals surface area contributed by atoms with Crippen molar-refractivity contribution in [2.24, 2.45) is 0 Å². The number of hydrogen-bond acceptors (Lipinski definition) is 4. The number of nitrogens with zero attached hydrogens (tertiary/aromatic N) is 1. The summed E-state index contributed by atoms with van der Waals surface area (Å²) in [5.41, 5.74) is 0.848. The lowest BCUT2D eigenvalue weighted by molar-refractivity contribution is -0.130. The normalized spacial score (nSPS) is 10.4. The van der Waals surface area contributed by atoms with Gasteiger partial charge in [-0.2, -0.15) is 0 Å². The molecule has 0 N–H and O–H groups in total. The molecular weight excluding hydrogens is 334 g/mol. The monoisotopic (exact) mass is 353 g/mol. The number of thiophene rings is 1. The van der Waals surface area contributed by atoms with Gasteiger partial charge in [0.1, 0.15) is 11.5 Å². The topological polar surface area (TPSA) is 38.8 Å². The van der Waals surface area contributed by atoms with E-state index in [2.05, 4.69) is 0 Å². The van der Waals surface area contributed by atoms with Gasteiger partial charge in [0.25, 0.3) is 0 Å². The molecule has 0 fully saturated rings. The van der Waals surface area contributed by atoms with Gasteiger partial charge in [0.05, 0.1) is 31.5 Å². The lowest BCUT2D eigenvalue weighted by atomic mass is 10.1. The summed E-state index contributed by atoms with van der Waals surface area (Å²) < 4.78 is 11.3. The van der Waals surface area contributed by atoms with E-state index >= 15 is 0 Å². The Balaban J connectivity index is 2.09. The fourth-order valence-corrected chi connectivity index (χ4v) is 3.38. The molecule has 0 atom stereocenters. The Labute approximate surface area is 145 Å². The number of halogens is 1. The third-order valence-electron chi connectivity index (χ3n) is 3.55. The molecule has 0 saturated carbocycles. The number of carbonyl (C=O) groups excluding carboxylic acids is 1. The third-order valence-corrected chi connectivity index (χ3v) is 4.76. The zero-order chi connectivity index (χ0) is 16.8. The molecule has 6 heteroatoms. The van der Waals surface area contributed by atoms with E-state index in [9.17, 15) is 4.79 Å². The predicted octanol–water partition coefficient (Wildman–Crippen LogP) is 4.01. The third kappa shape index (κ3) is 4.62. The molecule has 0 bridgehead atoms. The second-order valence-electron chi connectivity index (χ2n) is 4.97. The second-order valence-corrected chi connectivity index (χ2v) is 6.77. The van der Waals surface area contributed by atoms with Crippen molar-refractivity contribution in [3.8, 4) is 11.5 Å². The molecule has 124 valence electrons. The molecule has 0 aliphatic carbocycles. The summed E-state index contributed by atoms with van der Waals surface area (Å²) in [7, 11) is 3.19. The molecular formula is C17H20ClNO3S. The molecule has 0 unspecified atom stereocenters. The van der Waals surface area contributed by atoms with Gasteiger partial charge in [-0.1, -0.05) is 17.7 Å². The minimum atomic E-state index is 0.0560. The van der Waals surface area contributed by atoms with Crippen LogP contribution in [0.5, 0.6) is 11.5 Å². The number of likely N-dealkylation sites (N-methyl/N-ethyl adjacent to an activating group) is 1. The number of benzene rings is 1. The maximum Gasteiger partial charge on any atom is 0.227 e. The zero-order valence-corrected chi connectivity index (χ0v) is 15.0. The largest absolute Gasteiger partial charge is 0.497 e. The van der Waals surface area contributed by atoms with Gasteiger partial charge in [-0.05, 0) is 25.1 Å². The summed E-state index contributed by atoms with van der Waals surface area (Å²) in [5.74, 6) is 1.42. The fourth-order valence-electron chi connectivity index (χ4n) is 2.27. The van der Waals surface area contributed by atoms with E-state index in [1.54, 1.807) is 20.3 Å². The van der Waals surface area contributed by atoms with Gasteiger partial charge in [0, 0.05) is 23.1 Å². The molecule has 1 aromatic carbocycles. The minimum Gasteiger partial charge on any atom is -0.497 e. The molecule has 2 aromatic rings. The molecule has 0 saturated heterocycles. The highest BCUT2D eigenvalue weighted by Gasteiger charge is 2.16. The molecule has 0 radical (unpaired) electrons. The van der Waals surface area contributed by atoms with E-state index in [-0.39, 0.29) is 5.91 Å². The highest BCUT2D eigenvalue weighted by Crippen LogP contribution is 2.26. The first-order valence-electron chi connectivity index (χ1n) is 7.30. The summed E-state index contributed by atoms with van der Waals surface area (Å²) in [6, 6.07) is 9.30. The molecule has 0 aliphatic heterocycles. The molecule has 1 amide bonds. The van der Waals surface area contributed by atoms with Gasteiger partial charge in [0.2, 0.25) is 5.91 Å². The smallest absolute Gasteiger partial charge is 0.227 e. The molecule has 1 aromatic heterocycles. The Morgan fingerprint density at radius 2 is 2.00 bits per heavy atom. The standard InChI is InChI=1S/C17H20ClNO3S/c1-4-19(11-14-7-8-16(18)23-14)17(20)9-12-5-6-13(21-2)10-15(12)22-3/h5-8,10H,4,9,11H2,1-3H3. The Bertz CT molecular complexity index is 672. The average Bonchev–Trinajstić information content (AvgIpc) is 2.97. The van der Waals surface area contributed by atoms with Gasteiger partial charge >= 0.3 is 0 Å². The van der Waals surface area contributed by atoms with E-state index in [0.29, 0.717) is 31.0 Å². The molecule has 0 aliphatic rings. The lowest BCUT2D eigenvalue weighted by Gasteiger charge is -2.21. The summed E-state index contributed by atoms with van der Waals surface area (Å²) in [6.45, 7) is 3.19. The van der Waals surface area contributed by atoms with Crippen molar-refractivity contribution in [1.29, 1.82) is 0 Å². The van der Waals surface area contributed by atoms with E-state index in [1.165, 1.54) is 11.3 Å². The van der Waals surface area contributed by atoms with Crippen molar-refractivity contribution in [2.45, 2.75) is 19.9 Å². The van der Waals surface area contributed by atoms with E-state index in [4.69, 9.17) is 21.1 Å². The van der Waals surface area contributed by atoms with Crippen LogP contribution in [0.15, 0.2) is 30.3 Å². The first-order chi connectivity index (χ1) is 11.1. The van der Waals surface area contributed by atoms with Crippen molar-refractivity contribution in [1.82, 2.24) is 4.90 Å². The van der Waals surface area contributed by atoms with Crippen LogP contribution >= 0.6 is 22.9 Å². The van der Waals surface area contributed by atoms with Crippen molar-refractivity contribution in [2.75, 3.05) is 20.8 Å². The fraction of sp³-hybridized carbons (Fsp3) is 0.353. The first kappa shape index (κ1) is 17.6. The SMILES string of the molecule is CCN(Cc1ccc(Cl)s1)C(=O)Cc1ccc(OC)cc1OC. The van der Waals surface area contributed by atoms with E-state index in [1.807, 2.05) is 36.1 Å². The quantitative estimate of drug-likeness (QED) is 0.755. The maximum atomic E-state index is 12.6. The summed E-state index contributed by atoms with van der Waals surface area (Å²) in [6.07, 6.45) is 0.292. The van der Waals surface area contributed by atoms with E-state index < -0.39 is 0 Å². The van der Waals surface area contributed by atoms with Gasteiger partial charge in [-0.3, -0.25) is 4.79 Å². The van der Waals surface area contributed by atoms with E-state index in [0.717, 1.165) is 14.8 Å². The Morgan fingerprint density at radius 3 is 2.57 bits per heavy atom. The van der Waals surface area contributed by atoms with Crippen LogP contribution in [0.3, 0.4) is 0 Å². The van der Waals surface area contributed by atoms with Crippen LogP contribution in [-0.2, 0) is 17.8 Å². The maximum absolute atomic E-state index is 12.6. The van der Waals surface area contributed by atoms with Gasteiger partial charge in [-0.25, -0.2) is 0 Å². The van der Waals surface area contributed by atoms with Crippen LogP contribution in [0.2, 0.25) is 4.34 Å². The number of amides is 1. The summed E-state index contributed by atoms with van der Waals surface area (Å²) in [4.78, 5) is 15.5. The van der Waals surface area contributed by atoms with Crippen LogP contribution in [0.4, 0.5) is 0 Å². The van der Waals surface area contributed by atoms with Crippen molar-refractivity contribution in [3.63, 3.8) is 0 Å².